The van der Waals surface area contributed by atoms with E-state index >= 15 is 0 Å². The number of benzene rings is 1. The molecule has 0 aromatic heterocycles. The van der Waals surface area contributed by atoms with Crippen LogP contribution < -0.4 is 0 Å². The van der Waals surface area contributed by atoms with Crippen molar-refractivity contribution < 1.29 is 14.4 Å². The smallest absolute Gasteiger partial charge is 0.312 e. The van der Waals surface area contributed by atoms with Crippen LogP contribution >= 0.6 is 11.6 Å². The molecule has 0 aliphatic heterocycles. The lowest BCUT2D eigenvalue weighted by Gasteiger charge is -2.19. The van der Waals surface area contributed by atoms with Gasteiger partial charge in [0.1, 0.15) is 5.71 Å². The lowest BCUT2D eigenvalue weighted by Crippen LogP contribution is -2.21. The van der Waals surface area contributed by atoms with Gasteiger partial charge < -0.3 is 4.84 Å². The lowest BCUT2D eigenvalue weighted by molar-refractivity contribution is -0.113. The molecule has 1 aromatic carbocycles. The van der Waals surface area contributed by atoms with Gasteiger partial charge in [0.05, 0.1) is 10.6 Å². The van der Waals surface area contributed by atoms with Gasteiger partial charge in [-0.1, -0.05) is 56.6 Å². The van der Waals surface area contributed by atoms with E-state index in [1.165, 1.54) is 0 Å². The number of rotatable bonds is 4. The van der Waals surface area contributed by atoms with Gasteiger partial charge in [-0.3, -0.25) is 4.79 Å². The summed E-state index contributed by atoms with van der Waals surface area (Å²) in [5.74, 6) is -0.491. The van der Waals surface area contributed by atoms with E-state index in [1.807, 2.05) is 27.7 Å². The Morgan fingerprint density at radius 2 is 1.58 bits per heavy atom. The zero-order valence-corrected chi connectivity index (χ0v) is 14.9. The van der Waals surface area contributed by atoms with Crippen LogP contribution in [-0.2, 0) is 9.63 Å². The van der Waals surface area contributed by atoms with Gasteiger partial charge in [-0.15, -0.1) is 0 Å². The Balaban J connectivity index is 2.29. The van der Waals surface area contributed by atoms with Crippen molar-refractivity contribution in [2.75, 3.05) is 0 Å². The molecule has 0 N–H and O–H groups in total. The molecular formula is C19H20ClNO3. The summed E-state index contributed by atoms with van der Waals surface area (Å²) in [4.78, 5) is 29.5. The maximum atomic E-state index is 12.4. The van der Waals surface area contributed by atoms with Crippen molar-refractivity contribution in [3.63, 3.8) is 0 Å². The minimum absolute atomic E-state index is 0.0244. The summed E-state index contributed by atoms with van der Waals surface area (Å²) in [5.41, 5.74) is 2.02. The number of halogens is 1. The molecule has 0 amide bonds. The van der Waals surface area contributed by atoms with E-state index < -0.39 is 5.97 Å². The second-order valence-corrected chi connectivity index (χ2v) is 6.62. The first-order valence-electron chi connectivity index (χ1n) is 7.83. The Morgan fingerprint density at radius 1 is 1.04 bits per heavy atom. The van der Waals surface area contributed by atoms with Gasteiger partial charge in [0.25, 0.3) is 0 Å². The quantitative estimate of drug-likeness (QED) is 0.455. The maximum Gasteiger partial charge on any atom is 0.367 e. The third kappa shape index (κ3) is 4.01. The third-order valence-electron chi connectivity index (χ3n) is 3.70. The number of Topliss-reactive ketones (excluding diaryl/α,β-unsaturated/α-hetero) is 1. The van der Waals surface area contributed by atoms with E-state index in [0.29, 0.717) is 21.9 Å². The third-order valence-corrected chi connectivity index (χ3v) is 4.03. The molecule has 4 nitrogen and oxygen atoms in total. The van der Waals surface area contributed by atoms with Crippen molar-refractivity contribution in [1.82, 2.24) is 0 Å². The zero-order chi connectivity index (χ0) is 17.9. The average molecular weight is 346 g/mol. The fraction of sp³-hybridized carbons (Fsp3) is 0.316. The molecule has 0 saturated carbocycles. The topological polar surface area (TPSA) is 55.7 Å². The molecule has 1 aliphatic rings. The van der Waals surface area contributed by atoms with Crippen LogP contribution in [0.1, 0.15) is 38.1 Å². The molecule has 0 spiro atoms. The summed E-state index contributed by atoms with van der Waals surface area (Å²) in [6, 6.07) is 6.60. The van der Waals surface area contributed by atoms with Gasteiger partial charge in [-0.25, -0.2) is 4.79 Å². The Hall–Kier alpha value is -2.20. The van der Waals surface area contributed by atoms with Crippen molar-refractivity contribution in [2.45, 2.75) is 27.7 Å². The van der Waals surface area contributed by atoms with Crippen LogP contribution in [0.5, 0.6) is 0 Å². The number of nitrogens with zero attached hydrogens (tertiary/aromatic N) is 1. The molecule has 5 heteroatoms. The van der Waals surface area contributed by atoms with Crippen LogP contribution in [0.3, 0.4) is 0 Å². The Morgan fingerprint density at radius 3 is 2.08 bits per heavy atom. The molecule has 0 fully saturated rings. The highest BCUT2D eigenvalue weighted by molar-refractivity contribution is 6.33. The molecule has 1 aromatic rings. The minimum atomic E-state index is -0.635. The van der Waals surface area contributed by atoms with E-state index in [1.54, 1.807) is 36.4 Å². The summed E-state index contributed by atoms with van der Waals surface area (Å²) in [7, 11) is 0. The molecule has 0 saturated heterocycles. The van der Waals surface area contributed by atoms with Gasteiger partial charge >= 0.3 is 5.97 Å². The van der Waals surface area contributed by atoms with Crippen LogP contribution in [0, 0.1) is 11.8 Å². The average Bonchev–Trinajstić information content (AvgIpc) is 2.53. The van der Waals surface area contributed by atoms with Crippen molar-refractivity contribution in [3.05, 3.63) is 58.1 Å². The maximum absolute atomic E-state index is 12.4. The van der Waals surface area contributed by atoms with E-state index in [4.69, 9.17) is 16.4 Å². The van der Waals surface area contributed by atoms with E-state index in [9.17, 15) is 9.59 Å². The second kappa shape index (κ2) is 7.58. The van der Waals surface area contributed by atoms with Crippen molar-refractivity contribution in [3.8, 4) is 0 Å². The van der Waals surface area contributed by atoms with Gasteiger partial charge in [0, 0.05) is 11.1 Å². The fourth-order valence-electron chi connectivity index (χ4n) is 2.34. The van der Waals surface area contributed by atoms with Crippen molar-refractivity contribution >= 4 is 29.1 Å². The largest absolute Gasteiger partial charge is 0.367 e. The summed E-state index contributed by atoms with van der Waals surface area (Å²) >= 11 is 5.97. The van der Waals surface area contributed by atoms with Gasteiger partial charge in [0.2, 0.25) is 0 Å². The summed E-state index contributed by atoms with van der Waals surface area (Å²) in [6.07, 6.45) is 3.33. The minimum Gasteiger partial charge on any atom is -0.312 e. The van der Waals surface area contributed by atoms with Crippen molar-refractivity contribution in [2.24, 2.45) is 17.0 Å². The fourth-order valence-corrected chi connectivity index (χ4v) is 2.55. The molecular weight excluding hydrogens is 326 g/mol. The molecule has 1 aliphatic carbocycles. The van der Waals surface area contributed by atoms with Gasteiger partial charge in [-0.2, -0.15) is 0 Å². The van der Waals surface area contributed by atoms with E-state index in [-0.39, 0.29) is 23.2 Å². The molecule has 24 heavy (non-hydrogen) atoms. The van der Waals surface area contributed by atoms with Crippen LogP contribution in [0.4, 0.5) is 0 Å². The van der Waals surface area contributed by atoms with Gasteiger partial charge in [0.15, 0.2) is 5.78 Å². The molecule has 0 radical (unpaired) electrons. The molecule has 0 bridgehead atoms. The van der Waals surface area contributed by atoms with E-state index in [2.05, 4.69) is 5.16 Å². The number of carbonyl (C=O) groups is 2. The van der Waals surface area contributed by atoms with Crippen molar-refractivity contribution in [1.29, 1.82) is 0 Å². The highest BCUT2D eigenvalue weighted by Gasteiger charge is 2.25. The number of hydrogen-bond acceptors (Lipinski definition) is 4. The summed E-state index contributed by atoms with van der Waals surface area (Å²) in [6.45, 7) is 7.78. The predicted molar refractivity (Wildman–Crippen MR) is 95.2 cm³/mol. The summed E-state index contributed by atoms with van der Waals surface area (Å²) in [5, 5.41) is 4.21. The van der Waals surface area contributed by atoms with Crippen LogP contribution in [0.2, 0.25) is 5.02 Å². The first-order valence-corrected chi connectivity index (χ1v) is 8.20. The monoisotopic (exact) mass is 345 g/mol. The molecule has 126 valence electrons. The molecule has 0 atom stereocenters. The van der Waals surface area contributed by atoms with Crippen LogP contribution in [0.15, 0.2) is 52.7 Å². The number of allylic oxidation sites excluding steroid dienone is 4. The number of hydrogen-bond donors (Lipinski definition) is 0. The number of carbonyl (C=O) groups excluding carboxylic acids is 2. The molecule has 0 heterocycles. The molecule has 2 rings (SSSR count). The number of oxime groups is 1. The lowest BCUT2D eigenvalue weighted by atomic mass is 9.84. The van der Waals surface area contributed by atoms with Gasteiger partial charge in [-0.05, 0) is 36.1 Å². The van der Waals surface area contributed by atoms with E-state index in [0.717, 1.165) is 0 Å². The highest BCUT2D eigenvalue weighted by Crippen LogP contribution is 2.25. The summed E-state index contributed by atoms with van der Waals surface area (Å²) < 4.78 is 0. The first kappa shape index (κ1) is 18.1. The highest BCUT2D eigenvalue weighted by atomic mass is 35.5. The second-order valence-electron chi connectivity index (χ2n) is 6.21. The number of ketones is 1. The SMILES string of the molecule is CC(C)C1=CC(=NOC(=O)c2ccccc2Cl)C=C(C(C)C)C1=O. The first-order chi connectivity index (χ1) is 11.3. The zero-order valence-electron chi connectivity index (χ0n) is 14.2. The Labute approximate surface area is 146 Å². The Kier molecular flexibility index (Phi) is 5.73. The standard InChI is InChI=1S/C19H20ClNO3/c1-11(2)15-9-13(10-16(12(3)4)18(15)22)21-24-19(23)14-7-5-6-8-17(14)20/h5-12H,1-4H3. The predicted octanol–water partition coefficient (Wildman–Crippen LogP) is 4.60. The van der Waals surface area contributed by atoms with Crippen LogP contribution in [0.25, 0.3) is 0 Å². The Bertz CT molecular complexity index is 728. The molecule has 0 unspecified atom stereocenters. The normalized spacial score (nSPS) is 14.6. The van der Waals surface area contributed by atoms with Crippen LogP contribution in [-0.4, -0.2) is 17.5 Å².